The van der Waals surface area contributed by atoms with Crippen LogP contribution < -0.4 is 0 Å². The van der Waals surface area contributed by atoms with Gasteiger partial charge in [-0.15, -0.1) is 0 Å². The Morgan fingerprint density at radius 3 is 1.44 bits per heavy atom. The monoisotopic (exact) mass is 867 g/mol. The molecular formula is C52H98O9. The second kappa shape index (κ2) is 43.9. The molecule has 360 valence electrons. The van der Waals surface area contributed by atoms with Gasteiger partial charge >= 0.3 is 5.97 Å². The maximum absolute atomic E-state index is 12.8. The second-order valence-electron chi connectivity index (χ2n) is 18.0. The van der Waals surface area contributed by atoms with E-state index in [0.29, 0.717) is 13.0 Å². The Morgan fingerprint density at radius 1 is 0.525 bits per heavy atom. The van der Waals surface area contributed by atoms with E-state index in [1.165, 1.54) is 167 Å². The molecular weight excluding hydrogens is 769 g/mol. The first kappa shape index (κ1) is 57.7. The molecule has 0 aromatic carbocycles. The van der Waals surface area contributed by atoms with Crippen LogP contribution in [0.1, 0.15) is 239 Å². The van der Waals surface area contributed by atoms with Crippen LogP contribution in [0.3, 0.4) is 0 Å². The number of aliphatic hydroxyl groups excluding tert-OH is 4. The lowest BCUT2D eigenvalue weighted by Gasteiger charge is -2.39. The minimum absolute atomic E-state index is 0.114. The van der Waals surface area contributed by atoms with E-state index in [0.717, 1.165) is 51.4 Å². The summed E-state index contributed by atoms with van der Waals surface area (Å²) in [6, 6.07) is 0. The molecule has 61 heavy (non-hydrogen) atoms. The van der Waals surface area contributed by atoms with E-state index >= 15 is 0 Å². The van der Waals surface area contributed by atoms with E-state index < -0.39 is 43.4 Å². The zero-order valence-electron chi connectivity index (χ0n) is 39.7. The predicted octanol–water partition coefficient (Wildman–Crippen LogP) is 12.5. The number of hydrogen-bond acceptors (Lipinski definition) is 9. The third-order valence-corrected chi connectivity index (χ3v) is 12.1. The largest absolute Gasteiger partial charge is 0.457 e. The van der Waals surface area contributed by atoms with Gasteiger partial charge in [0.05, 0.1) is 19.8 Å². The van der Waals surface area contributed by atoms with Crippen molar-refractivity contribution >= 4 is 5.97 Å². The van der Waals surface area contributed by atoms with E-state index in [-0.39, 0.29) is 19.2 Å². The van der Waals surface area contributed by atoms with Crippen LogP contribution in [0.15, 0.2) is 24.3 Å². The van der Waals surface area contributed by atoms with Crippen LogP contribution >= 0.6 is 0 Å². The van der Waals surface area contributed by atoms with Crippen LogP contribution in [0, 0.1) is 0 Å². The van der Waals surface area contributed by atoms with Crippen molar-refractivity contribution in [3.05, 3.63) is 24.3 Å². The van der Waals surface area contributed by atoms with E-state index in [4.69, 9.17) is 18.9 Å². The summed E-state index contributed by atoms with van der Waals surface area (Å²) in [5, 5.41) is 40.2. The summed E-state index contributed by atoms with van der Waals surface area (Å²) in [5.74, 6) is -0.312. The summed E-state index contributed by atoms with van der Waals surface area (Å²) in [7, 11) is 0. The van der Waals surface area contributed by atoms with Crippen molar-refractivity contribution in [2.75, 3.05) is 26.4 Å². The number of carbonyl (C=O) groups is 1. The Kier molecular flexibility index (Phi) is 41.5. The highest BCUT2D eigenvalue weighted by molar-refractivity contribution is 5.69. The predicted molar refractivity (Wildman–Crippen MR) is 252 cm³/mol. The van der Waals surface area contributed by atoms with Gasteiger partial charge in [0.15, 0.2) is 6.29 Å². The molecule has 0 spiro atoms. The van der Waals surface area contributed by atoms with Crippen molar-refractivity contribution in [1.29, 1.82) is 0 Å². The maximum Gasteiger partial charge on any atom is 0.306 e. The van der Waals surface area contributed by atoms with Crippen LogP contribution in [0.5, 0.6) is 0 Å². The zero-order valence-corrected chi connectivity index (χ0v) is 39.7. The van der Waals surface area contributed by atoms with Gasteiger partial charge < -0.3 is 39.4 Å². The normalized spacial score (nSPS) is 20.0. The fraction of sp³-hybridized carbons (Fsp3) is 0.904. The number of allylic oxidation sites excluding steroid dienone is 4. The summed E-state index contributed by atoms with van der Waals surface area (Å²) in [4.78, 5) is 12.8. The molecule has 0 saturated carbocycles. The topological polar surface area (TPSA) is 135 Å². The van der Waals surface area contributed by atoms with Crippen LogP contribution in [0.2, 0.25) is 0 Å². The Balaban J connectivity index is 2.18. The lowest BCUT2D eigenvalue weighted by atomic mass is 9.99. The first-order valence-corrected chi connectivity index (χ1v) is 25.9. The van der Waals surface area contributed by atoms with Gasteiger partial charge in [0, 0.05) is 13.0 Å². The van der Waals surface area contributed by atoms with Gasteiger partial charge in [0.1, 0.15) is 30.5 Å². The van der Waals surface area contributed by atoms with Gasteiger partial charge in [-0.3, -0.25) is 4.79 Å². The summed E-state index contributed by atoms with van der Waals surface area (Å²) < 4.78 is 22.9. The molecule has 1 aliphatic heterocycles. The number of ether oxygens (including phenoxy) is 4. The van der Waals surface area contributed by atoms with Crippen molar-refractivity contribution in [2.24, 2.45) is 0 Å². The minimum Gasteiger partial charge on any atom is -0.457 e. The number of rotatable bonds is 45. The van der Waals surface area contributed by atoms with Gasteiger partial charge in [-0.25, -0.2) is 0 Å². The minimum atomic E-state index is -1.54. The summed E-state index contributed by atoms with van der Waals surface area (Å²) in [6.07, 6.45) is 45.0. The highest BCUT2D eigenvalue weighted by Crippen LogP contribution is 2.23. The molecule has 6 atom stereocenters. The van der Waals surface area contributed by atoms with E-state index in [1.807, 2.05) is 0 Å². The molecule has 1 fully saturated rings. The van der Waals surface area contributed by atoms with Crippen molar-refractivity contribution in [1.82, 2.24) is 0 Å². The van der Waals surface area contributed by atoms with Crippen LogP contribution in [0.4, 0.5) is 0 Å². The van der Waals surface area contributed by atoms with Gasteiger partial charge in [0.2, 0.25) is 0 Å². The Hall–Kier alpha value is -1.33. The first-order valence-electron chi connectivity index (χ1n) is 25.9. The van der Waals surface area contributed by atoms with Crippen molar-refractivity contribution in [2.45, 2.75) is 275 Å². The number of esters is 1. The van der Waals surface area contributed by atoms with E-state index in [2.05, 4.69) is 38.2 Å². The molecule has 9 heteroatoms. The lowest BCUT2D eigenvalue weighted by Crippen LogP contribution is -2.59. The molecule has 1 aliphatic rings. The lowest BCUT2D eigenvalue weighted by molar-refractivity contribution is -0.305. The van der Waals surface area contributed by atoms with Crippen molar-refractivity contribution in [3.8, 4) is 0 Å². The number of carbonyl (C=O) groups excluding carboxylic acids is 1. The highest BCUT2D eigenvalue weighted by Gasteiger charge is 2.44. The molecule has 0 radical (unpaired) electrons. The molecule has 9 nitrogen and oxygen atoms in total. The number of hydrogen-bond donors (Lipinski definition) is 4. The second-order valence-corrected chi connectivity index (χ2v) is 18.0. The van der Waals surface area contributed by atoms with E-state index in [9.17, 15) is 25.2 Å². The Morgan fingerprint density at radius 2 is 0.951 bits per heavy atom. The number of unbranched alkanes of at least 4 members (excludes halogenated alkanes) is 30. The average molecular weight is 867 g/mol. The van der Waals surface area contributed by atoms with Crippen LogP contribution in [0.25, 0.3) is 0 Å². The summed E-state index contributed by atoms with van der Waals surface area (Å²) >= 11 is 0. The molecule has 6 unspecified atom stereocenters. The fourth-order valence-electron chi connectivity index (χ4n) is 8.05. The zero-order chi connectivity index (χ0) is 44.3. The Bertz CT molecular complexity index is 988. The molecule has 0 bridgehead atoms. The quantitative estimate of drug-likeness (QED) is 0.0268. The molecule has 4 N–H and O–H groups in total. The van der Waals surface area contributed by atoms with Crippen molar-refractivity contribution in [3.63, 3.8) is 0 Å². The fourth-order valence-corrected chi connectivity index (χ4v) is 8.05. The first-order chi connectivity index (χ1) is 29.9. The molecule has 0 aromatic heterocycles. The molecule has 1 rings (SSSR count). The highest BCUT2D eigenvalue weighted by atomic mass is 16.7. The Labute approximate surface area is 375 Å². The van der Waals surface area contributed by atoms with Gasteiger partial charge in [-0.05, 0) is 44.9 Å². The van der Waals surface area contributed by atoms with Crippen molar-refractivity contribution < 1.29 is 44.2 Å². The van der Waals surface area contributed by atoms with Crippen LogP contribution in [-0.2, 0) is 23.7 Å². The maximum atomic E-state index is 12.8. The standard InChI is InChI=1S/C52H98O9/c1-3-5-7-9-11-13-15-17-19-21-22-23-24-25-26-27-29-31-33-35-37-39-41-48(54)60-46(45-59-52-51(57)50(56)49(55)47(43-53)61-52)44-58-42-40-38-36-34-32-30-28-20-18-16-14-12-10-8-6-4-2/h12,14,18,20,46-47,49-53,55-57H,3-11,13,15-17,19,21-45H2,1-2H3/b14-12-,20-18-. The molecule has 0 amide bonds. The molecule has 1 heterocycles. The van der Waals surface area contributed by atoms with Gasteiger partial charge in [-0.1, -0.05) is 212 Å². The molecule has 0 aliphatic carbocycles. The van der Waals surface area contributed by atoms with Gasteiger partial charge in [-0.2, -0.15) is 0 Å². The van der Waals surface area contributed by atoms with E-state index in [1.54, 1.807) is 0 Å². The molecule has 0 aromatic rings. The van der Waals surface area contributed by atoms with Gasteiger partial charge in [0.25, 0.3) is 0 Å². The SMILES string of the molecule is CCCCC/C=C\C/C=C\CCCCCCCCOCC(COC1OC(CO)C(O)C(O)C1O)OC(=O)CCCCCCCCCCCCCCCCCCCCCCCC. The summed E-state index contributed by atoms with van der Waals surface area (Å²) in [6.45, 7) is 4.55. The van der Waals surface area contributed by atoms with Crippen LogP contribution in [-0.4, -0.2) is 89.6 Å². The smallest absolute Gasteiger partial charge is 0.306 e. The average Bonchev–Trinajstić information content (AvgIpc) is 3.26. The third kappa shape index (κ3) is 34.7. The third-order valence-electron chi connectivity index (χ3n) is 12.1. The summed E-state index contributed by atoms with van der Waals surface area (Å²) in [5.41, 5.74) is 0. The number of aliphatic hydroxyl groups is 4. The molecule has 1 saturated heterocycles.